The van der Waals surface area contributed by atoms with E-state index in [1.165, 1.54) is 5.52 Å². The third kappa shape index (κ3) is 5.98. The number of hydrogen-bond acceptors (Lipinski definition) is 5. The van der Waals surface area contributed by atoms with E-state index in [0.29, 0.717) is 17.8 Å². The monoisotopic (exact) mass is 351 g/mol. The zero-order chi connectivity index (χ0) is 18.1. The first kappa shape index (κ1) is 22.2. The molecule has 1 heterocycles. The van der Waals surface area contributed by atoms with Crippen LogP contribution in [0, 0.1) is 0 Å². The number of azide groups is 1. The topological polar surface area (TPSA) is 116 Å². The first-order valence-electron chi connectivity index (χ1n) is 7.37. The lowest BCUT2D eigenvalue weighted by molar-refractivity contribution is -0.692. The van der Waals surface area contributed by atoms with Crippen LogP contribution in [0.4, 0.5) is 0 Å². The number of aromatic nitrogens is 2. The van der Waals surface area contributed by atoms with Gasteiger partial charge in [-0.3, -0.25) is 4.79 Å². The molecule has 1 aromatic heterocycles. The fraction of sp³-hybridized carbons (Fsp3) is 0.500. The second kappa shape index (κ2) is 10.9. The molecule has 0 saturated heterocycles. The minimum absolute atomic E-state index is 0. The van der Waals surface area contributed by atoms with Crippen molar-refractivity contribution in [3.8, 4) is 5.75 Å². The van der Waals surface area contributed by atoms with Crippen molar-refractivity contribution in [3.05, 3.63) is 35.0 Å². The van der Waals surface area contributed by atoms with Gasteiger partial charge in [-0.05, 0) is 45.4 Å². The highest BCUT2D eigenvalue weighted by atomic mass is 17.1. The van der Waals surface area contributed by atoms with Crippen LogP contribution in [0.3, 0.4) is 0 Å². The summed E-state index contributed by atoms with van der Waals surface area (Å²) in [5, 5.41) is 11.8. The maximum atomic E-state index is 8.64. The van der Waals surface area contributed by atoms with E-state index >= 15 is 0 Å². The van der Waals surface area contributed by atoms with Crippen molar-refractivity contribution in [1.29, 1.82) is 0 Å². The molecular formula is C16H25N5O4. The Morgan fingerprint density at radius 1 is 1.40 bits per heavy atom. The summed E-state index contributed by atoms with van der Waals surface area (Å²) in [5.41, 5.74) is 10.6. The summed E-state index contributed by atoms with van der Waals surface area (Å²) < 4.78 is 9.88. The van der Waals surface area contributed by atoms with Gasteiger partial charge in [0.1, 0.15) is 5.75 Å². The first-order valence-corrected chi connectivity index (χ1v) is 7.37. The summed E-state index contributed by atoms with van der Waals surface area (Å²) in [6.45, 7) is 8.45. The van der Waals surface area contributed by atoms with Gasteiger partial charge in [-0.2, -0.15) is 0 Å². The molecule has 0 atom stereocenters. The van der Waals surface area contributed by atoms with Crippen molar-refractivity contribution in [3.63, 3.8) is 0 Å². The van der Waals surface area contributed by atoms with Crippen LogP contribution in [-0.2, 0) is 9.68 Å². The molecule has 0 fully saturated rings. The van der Waals surface area contributed by atoms with E-state index in [1.807, 2.05) is 18.2 Å². The highest BCUT2D eigenvalue weighted by Gasteiger charge is 2.20. The van der Waals surface area contributed by atoms with Gasteiger partial charge in [-0.1, -0.05) is 12.5 Å². The van der Waals surface area contributed by atoms with Crippen LogP contribution in [0.1, 0.15) is 47.2 Å². The number of nitrogens with zero attached hydrogens (tertiary/aromatic N) is 5. The Hall–Kier alpha value is -2.77. The van der Waals surface area contributed by atoms with Gasteiger partial charge in [0.25, 0.3) is 6.47 Å². The van der Waals surface area contributed by atoms with Crippen LogP contribution in [0.15, 0.2) is 29.6 Å². The van der Waals surface area contributed by atoms with Crippen molar-refractivity contribution in [2.45, 2.75) is 47.2 Å². The third-order valence-corrected chi connectivity index (χ3v) is 3.26. The summed E-state index contributed by atoms with van der Waals surface area (Å²) in [5.74, 6) is 0.709. The molecule has 2 rings (SSSR count). The summed E-state index contributed by atoms with van der Waals surface area (Å²) in [6, 6.07) is 6.69. The standard InChI is InChI=1S/C14H20N5O.CH2O3.CH4/c1-10(2)18-9-19(11(3)4)14-7-12(5-6-13(14)18)20-8-16-17-15;2-1-4-3;/h5-7,9-11H,8H2,1-4H3;1,3H;1H4/q+1;;/p-1. The number of benzene rings is 1. The van der Waals surface area contributed by atoms with Crippen LogP contribution in [-0.4, -0.2) is 17.8 Å². The number of ether oxygens (including phenoxy) is 1. The minimum Gasteiger partial charge on any atom is -0.662 e. The summed E-state index contributed by atoms with van der Waals surface area (Å²) in [7, 11) is 0. The Morgan fingerprint density at radius 3 is 2.52 bits per heavy atom. The molecule has 0 bridgehead atoms. The van der Waals surface area contributed by atoms with E-state index in [4.69, 9.17) is 20.3 Å². The number of imidazole rings is 1. The van der Waals surface area contributed by atoms with Crippen LogP contribution < -0.4 is 14.6 Å². The van der Waals surface area contributed by atoms with Crippen molar-refractivity contribution in [2.24, 2.45) is 5.11 Å². The highest BCUT2D eigenvalue weighted by molar-refractivity contribution is 5.74. The third-order valence-electron chi connectivity index (χ3n) is 3.26. The summed E-state index contributed by atoms with van der Waals surface area (Å²) in [6.07, 6.45) is 2.14. The van der Waals surface area contributed by atoms with Crippen molar-refractivity contribution < 1.29 is 24.2 Å². The Bertz CT molecular complexity index is 721. The second-order valence-electron chi connectivity index (χ2n) is 5.46. The normalized spacial score (nSPS) is 9.72. The van der Waals surface area contributed by atoms with Gasteiger partial charge in [-0.25, -0.2) is 9.13 Å². The average molecular weight is 351 g/mol. The summed E-state index contributed by atoms with van der Waals surface area (Å²) in [4.78, 5) is 13.9. The van der Waals surface area contributed by atoms with Gasteiger partial charge in [0, 0.05) is 11.0 Å². The molecule has 2 aromatic rings. The Labute approximate surface area is 147 Å². The van der Waals surface area contributed by atoms with Crippen molar-refractivity contribution in [1.82, 2.24) is 4.57 Å². The molecule has 25 heavy (non-hydrogen) atoms. The van der Waals surface area contributed by atoms with Crippen molar-refractivity contribution in [2.75, 3.05) is 6.73 Å². The van der Waals surface area contributed by atoms with E-state index in [9.17, 15) is 0 Å². The predicted molar refractivity (Wildman–Crippen MR) is 91.4 cm³/mol. The molecule has 0 N–H and O–H groups in total. The van der Waals surface area contributed by atoms with E-state index in [1.54, 1.807) is 0 Å². The maximum Gasteiger partial charge on any atom is 0.287 e. The van der Waals surface area contributed by atoms with Crippen LogP contribution in [0.2, 0.25) is 0 Å². The van der Waals surface area contributed by atoms with E-state index in [0.717, 1.165) is 5.52 Å². The quantitative estimate of drug-likeness (QED) is 0.151. The largest absolute Gasteiger partial charge is 0.662 e. The van der Waals surface area contributed by atoms with E-state index < -0.39 is 0 Å². The van der Waals surface area contributed by atoms with Crippen molar-refractivity contribution >= 4 is 17.5 Å². The number of carbonyl (C=O) groups excluding carboxylic acids is 1. The van der Waals surface area contributed by atoms with E-state index in [2.05, 4.69) is 58.1 Å². The fourth-order valence-corrected chi connectivity index (χ4v) is 2.23. The van der Waals surface area contributed by atoms with Crippen LogP contribution >= 0.6 is 0 Å². The zero-order valence-corrected chi connectivity index (χ0v) is 14.1. The molecule has 0 saturated carbocycles. The molecule has 0 aliphatic rings. The number of fused-ring (bicyclic) bond motifs is 1. The SMILES string of the molecule is C.CC(C)n1c[n+](C(C)C)c2ccc(OCN=[N+]=[N-])cc21.O=CO[O-]. The lowest BCUT2D eigenvalue weighted by atomic mass is 10.2. The van der Waals surface area contributed by atoms with Gasteiger partial charge in [0.2, 0.25) is 6.33 Å². The van der Waals surface area contributed by atoms with Gasteiger partial charge in [-0.15, -0.1) is 0 Å². The first-order chi connectivity index (χ1) is 11.5. The Morgan fingerprint density at radius 2 is 2.04 bits per heavy atom. The molecule has 0 aliphatic carbocycles. The number of hydrogen-bond donors (Lipinski definition) is 0. The lowest BCUT2D eigenvalue weighted by Crippen LogP contribution is -2.34. The molecular weight excluding hydrogens is 326 g/mol. The van der Waals surface area contributed by atoms with Crippen LogP contribution in [0.25, 0.3) is 21.5 Å². The summed E-state index contributed by atoms with van der Waals surface area (Å²) >= 11 is 0. The van der Waals surface area contributed by atoms with Gasteiger partial charge in [0.15, 0.2) is 17.8 Å². The zero-order valence-electron chi connectivity index (χ0n) is 14.1. The number of rotatable bonds is 6. The average Bonchev–Trinajstić information content (AvgIpc) is 2.94. The predicted octanol–water partition coefficient (Wildman–Crippen LogP) is 2.81. The van der Waals surface area contributed by atoms with E-state index in [-0.39, 0.29) is 20.6 Å². The molecule has 0 amide bonds. The molecule has 0 spiro atoms. The van der Waals surface area contributed by atoms with Crippen LogP contribution in [0.5, 0.6) is 5.75 Å². The molecule has 9 nitrogen and oxygen atoms in total. The molecule has 9 heteroatoms. The molecule has 0 aliphatic heterocycles. The Balaban J connectivity index is 0.00000104. The smallest absolute Gasteiger partial charge is 0.287 e. The fourth-order valence-electron chi connectivity index (χ4n) is 2.23. The molecule has 0 radical (unpaired) electrons. The van der Waals surface area contributed by atoms with Gasteiger partial charge in [0.05, 0.1) is 12.1 Å². The Kier molecular flexibility index (Phi) is 9.69. The highest BCUT2D eigenvalue weighted by Crippen LogP contribution is 2.23. The second-order valence-corrected chi connectivity index (χ2v) is 5.46. The van der Waals surface area contributed by atoms with Gasteiger partial charge >= 0.3 is 0 Å². The van der Waals surface area contributed by atoms with Gasteiger partial charge < -0.3 is 14.9 Å². The minimum atomic E-state index is -0.181. The number of carbonyl (C=O) groups is 1. The molecule has 0 unspecified atom stereocenters. The molecule has 138 valence electrons. The maximum absolute atomic E-state index is 8.64. The molecule has 1 aromatic carbocycles. The lowest BCUT2D eigenvalue weighted by Gasteiger charge is -2.03.